The molecule has 0 fully saturated rings. The molecule has 2 heterocycles. The van der Waals surface area contributed by atoms with Crippen molar-refractivity contribution in [3.05, 3.63) is 46.2 Å². The molecule has 0 bridgehead atoms. The maximum Gasteiger partial charge on any atom is 0.141 e. The highest BCUT2D eigenvalue weighted by molar-refractivity contribution is 7.12. The molecule has 1 aromatic carbocycles. The molecule has 1 aliphatic heterocycles. The molecule has 0 atom stereocenters. The lowest BCUT2D eigenvalue weighted by Crippen LogP contribution is -2.31. The summed E-state index contributed by atoms with van der Waals surface area (Å²) in [5.74, 6) is 0.579. The van der Waals surface area contributed by atoms with Crippen LogP contribution in [-0.2, 0) is 6.42 Å². The first-order valence-corrected chi connectivity index (χ1v) is 9.87. The van der Waals surface area contributed by atoms with Crippen molar-refractivity contribution in [2.45, 2.75) is 39.0 Å². The van der Waals surface area contributed by atoms with Crippen molar-refractivity contribution in [1.82, 2.24) is 0 Å². The lowest BCUT2D eigenvalue weighted by atomic mass is 10.0. The van der Waals surface area contributed by atoms with Crippen LogP contribution in [0.2, 0.25) is 0 Å². The van der Waals surface area contributed by atoms with Gasteiger partial charge in [0, 0.05) is 30.9 Å². The van der Waals surface area contributed by atoms with Crippen LogP contribution in [0, 0.1) is 5.41 Å². The predicted octanol–water partition coefficient (Wildman–Crippen LogP) is 5.59. The van der Waals surface area contributed by atoms with Gasteiger partial charge in [0.15, 0.2) is 0 Å². The minimum absolute atomic E-state index is 0. The number of hydrogen-bond acceptors (Lipinski definition) is 4. The number of benzene rings is 1. The molecule has 27 heavy (non-hydrogen) atoms. The first-order chi connectivity index (χ1) is 12.2. The average molecular weight is 427 g/mol. The summed E-state index contributed by atoms with van der Waals surface area (Å²) in [4.78, 5) is 8.01. The van der Waals surface area contributed by atoms with E-state index >= 15 is 0 Å². The lowest BCUT2D eigenvalue weighted by Gasteiger charge is -2.31. The Balaban J connectivity index is 0.00000182. The highest BCUT2D eigenvalue weighted by Gasteiger charge is 2.17. The highest BCUT2D eigenvalue weighted by atomic mass is 35.5. The molecular formula is C20H28Cl2N4S. The summed E-state index contributed by atoms with van der Waals surface area (Å²) in [7, 11) is 0. The third-order valence-electron chi connectivity index (χ3n) is 4.54. The standard InChI is InChI=1S/C20H26N4S.2ClH/c1-2-5-16(21)10-12-24-11-3-6-15-14-17(8-9-18(15)24)23-20(22)19-7-4-13-25-19;;/h4,7-9,13-14,21H,2-3,5-6,10-12H2,1H3,(H2,22,23);2*1H. The first-order valence-electron chi connectivity index (χ1n) is 8.99. The van der Waals surface area contributed by atoms with E-state index in [1.165, 1.54) is 11.3 Å². The smallest absolute Gasteiger partial charge is 0.141 e. The fourth-order valence-electron chi connectivity index (χ4n) is 3.28. The molecule has 7 heteroatoms. The van der Waals surface area contributed by atoms with Gasteiger partial charge in [0.05, 0.1) is 10.6 Å². The van der Waals surface area contributed by atoms with Gasteiger partial charge >= 0.3 is 0 Å². The Morgan fingerprint density at radius 2 is 2.07 bits per heavy atom. The van der Waals surface area contributed by atoms with E-state index in [2.05, 4.69) is 35.0 Å². The summed E-state index contributed by atoms with van der Waals surface area (Å²) in [6, 6.07) is 10.4. The van der Waals surface area contributed by atoms with E-state index in [1.807, 2.05) is 17.5 Å². The average Bonchev–Trinajstić information content (AvgIpc) is 3.14. The van der Waals surface area contributed by atoms with Crippen molar-refractivity contribution in [1.29, 1.82) is 5.41 Å². The van der Waals surface area contributed by atoms with Gasteiger partial charge < -0.3 is 16.0 Å². The largest absolute Gasteiger partial charge is 0.383 e. The van der Waals surface area contributed by atoms with Gasteiger partial charge in [-0.3, -0.25) is 0 Å². The number of nitrogens with two attached hydrogens (primary N) is 1. The third kappa shape index (κ3) is 6.23. The molecule has 148 valence electrons. The Morgan fingerprint density at radius 3 is 2.78 bits per heavy atom. The summed E-state index contributed by atoms with van der Waals surface area (Å²) in [6.07, 6.45) is 5.07. The van der Waals surface area contributed by atoms with Crippen LogP contribution < -0.4 is 10.6 Å². The van der Waals surface area contributed by atoms with E-state index in [1.54, 1.807) is 11.3 Å². The second-order valence-corrected chi connectivity index (χ2v) is 7.43. The number of anilines is 1. The van der Waals surface area contributed by atoms with Gasteiger partial charge in [0.25, 0.3) is 0 Å². The number of halogens is 2. The maximum absolute atomic E-state index is 8.01. The van der Waals surface area contributed by atoms with Crippen LogP contribution in [0.25, 0.3) is 0 Å². The SMILES string of the molecule is CCCC(=N)CCN1CCCc2cc(N=C(N)c3cccs3)ccc21.Cl.Cl. The molecule has 3 N–H and O–H groups in total. The number of aryl methyl sites for hydroxylation is 1. The zero-order chi connectivity index (χ0) is 17.6. The van der Waals surface area contributed by atoms with Crippen molar-refractivity contribution in [3.8, 4) is 0 Å². The van der Waals surface area contributed by atoms with E-state index < -0.39 is 0 Å². The molecule has 4 nitrogen and oxygen atoms in total. The second-order valence-electron chi connectivity index (χ2n) is 6.48. The number of rotatable bonds is 7. The van der Waals surface area contributed by atoms with Gasteiger partial charge in [0.2, 0.25) is 0 Å². The lowest BCUT2D eigenvalue weighted by molar-refractivity contribution is 0.694. The normalized spacial score (nSPS) is 13.4. The fraction of sp³-hybridized carbons (Fsp3) is 0.400. The highest BCUT2D eigenvalue weighted by Crippen LogP contribution is 2.31. The van der Waals surface area contributed by atoms with Crippen molar-refractivity contribution in [2.75, 3.05) is 18.0 Å². The maximum atomic E-state index is 8.01. The Bertz CT molecular complexity index is 759. The monoisotopic (exact) mass is 426 g/mol. The topological polar surface area (TPSA) is 65.5 Å². The molecule has 0 amide bonds. The van der Waals surface area contributed by atoms with Crippen LogP contribution in [0.4, 0.5) is 11.4 Å². The summed E-state index contributed by atoms with van der Waals surface area (Å²) in [5.41, 5.74) is 10.5. The molecular weight excluding hydrogens is 399 g/mol. The number of amidine groups is 1. The molecule has 0 saturated heterocycles. The van der Waals surface area contributed by atoms with Gasteiger partial charge in [-0.15, -0.1) is 36.2 Å². The second kappa shape index (κ2) is 11.3. The number of fused-ring (bicyclic) bond motifs is 1. The molecule has 1 aliphatic rings. The van der Waals surface area contributed by atoms with Crippen LogP contribution >= 0.6 is 36.2 Å². The Hall–Kier alpha value is -1.56. The zero-order valence-electron chi connectivity index (χ0n) is 15.6. The Kier molecular flexibility index (Phi) is 9.84. The molecule has 0 saturated carbocycles. The number of hydrogen-bond donors (Lipinski definition) is 2. The summed E-state index contributed by atoms with van der Waals surface area (Å²) in [5, 5.41) is 10.0. The molecule has 0 radical (unpaired) electrons. The van der Waals surface area contributed by atoms with Crippen LogP contribution in [0.3, 0.4) is 0 Å². The van der Waals surface area contributed by atoms with E-state index in [9.17, 15) is 0 Å². The number of thiophene rings is 1. The van der Waals surface area contributed by atoms with Crippen molar-refractivity contribution in [3.63, 3.8) is 0 Å². The van der Waals surface area contributed by atoms with Gasteiger partial charge in [-0.25, -0.2) is 4.99 Å². The summed E-state index contributed by atoms with van der Waals surface area (Å²) < 4.78 is 0. The Morgan fingerprint density at radius 1 is 1.26 bits per heavy atom. The quantitative estimate of drug-likeness (QED) is 0.447. The first kappa shape index (κ1) is 23.5. The third-order valence-corrected chi connectivity index (χ3v) is 5.43. The van der Waals surface area contributed by atoms with Gasteiger partial charge in [-0.05, 0) is 54.5 Å². The number of nitrogens with zero attached hydrogens (tertiary/aromatic N) is 2. The van der Waals surface area contributed by atoms with Gasteiger partial charge in [-0.2, -0.15) is 0 Å². The van der Waals surface area contributed by atoms with Crippen LogP contribution in [0.1, 0.15) is 43.0 Å². The molecule has 3 rings (SSSR count). The van der Waals surface area contributed by atoms with Crippen molar-refractivity contribution < 1.29 is 0 Å². The van der Waals surface area contributed by atoms with Crippen LogP contribution in [0.15, 0.2) is 40.7 Å². The minimum Gasteiger partial charge on any atom is -0.383 e. The van der Waals surface area contributed by atoms with E-state index in [0.717, 1.165) is 61.5 Å². The minimum atomic E-state index is 0. The van der Waals surface area contributed by atoms with Crippen molar-refractivity contribution >= 4 is 59.1 Å². The van der Waals surface area contributed by atoms with Crippen LogP contribution in [0.5, 0.6) is 0 Å². The fourth-order valence-corrected chi connectivity index (χ4v) is 3.91. The van der Waals surface area contributed by atoms with Crippen molar-refractivity contribution in [2.24, 2.45) is 10.7 Å². The number of aliphatic imine (C=N–C) groups is 1. The van der Waals surface area contributed by atoms with Gasteiger partial charge in [0.1, 0.15) is 5.84 Å². The van der Waals surface area contributed by atoms with E-state index in [4.69, 9.17) is 11.1 Å². The summed E-state index contributed by atoms with van der Waals surface area (Å²) >= 11 is 1.61. The molecule has 2 aromatic rings. The summed E-state index contributed by atoms with van der Waals surface area (Å²) in [6.45, 7) is 4.15. The van der Waals surface area contributed by atoms with Crippen LogP contribution in [-0.4, -0.2) is 24.6 Å². The molecule has 0 spiro atoms. The number of nitrogens with one attached hydrogen (secondary N) is 1. The molecule has 1 aromatic heterocycles. The van der Waals surface area contributed by atoms with Gasteiger partial charge in [-0.1, -0.05) is 19.4 Å². The zero-order valence-corrected chi connectivity index (χ0v) is 18.1. The molecule has 0 aliphatic carbocycles. The van der Waals surface area contributed by atoms with E-state index in [-0.39, 0.29) is 24.8 Å². The Labute approximate surface area is 178 Å². The molecule has 0 unspecified atom stereocenters. The van der Waals surface area contributed by atoms with E-state index in [0.29, 0.717) is 5.84 Å². The predicted molar refractivity (Wildman–Crippen MR) is 123 cm³/mol.